The summed E-state index contributed by atoms with van der Waals surface area (Å²) in [7, 11) is 3.24. The number of hydrogen-bond acceptors (Lipinski definition) is 8. The molecule has 0 radical (unpaired) electrons. The van der Waals surface area contributed by atoms with E-state index in [0.29, 0.717) is 48.8 Å². The predicted molar refractivity (Wildman–Crippen MR) is 140 cm³/mol. The minimum absolute atomic E-state index is 0.0478. The Balaban J connectivity index is 1.43. The second-order valence-electron chi connectivity index (χ2n) is 10.6. The maximum absolute atomic E-state index is 12.6. The summed E-state index contributed by atoms with van der Waals surface area (Å²) in [6, 6.07) is 11.8. The predicted octanol–water partition coefficient (Wildman–Crippen LogP) is 5.35. The van der Waals surface area contributed by atoms with Gasteiger partial charge in [-0.15, -0.1) is 0 Å². The number of nitrogens with zero attached hydrogens (tertiary/aromatic N) is 3. The van der Waals surface area contributed by atoms with E-state index >= 15 is 0 Å². The summed E-state index contributed by atoms with van der Waals surface area (Å²) in [6.45, 7) is 6.81. The van der Waals surface area contributed by atoms with E-state index in [1.807, 2.05) is 51.1 Å². The first-order valence-electron chi connectivity index (χ1n) is 12.6. The molecule has 196 valence electrons. The number of para-hydroxylation sites is 1. The van der Waals surface area contributed by atoms with E-state index in [1.54, 1.807) is 25.4 Å². The Morgan fingerprint density at radius 1 is 1.11 bits per heavy atom. The monoisotopic (exact) mass is 506 g/mol. The highest BCUT2D eigenvalue weighted by atomic mass is 16.6. The minimum Gasteiger partial charge on any atom is -0.497 e. The van der Waals surface area contributed by atoms with Gasteiger partial charge >= 0.3 is 6.09 Å². The lowest BCUT2D eigenvalue weighted by molar-refractivity contribution is -0.0308. The second-order valence-corrected chi connectivity index (χ2v) is 10.6. The van der Waals surface area contributed by atoms with Gasteiger partial charge in [0.1, 0.15) is 46.1 Å². The highest BCUT2D eigenvalue weighted by Gasteiger charge is 2.44. The molecular weight excluding hydrogens is 472 g/mol. The number of hydrogen-bond donors (Lipinski definition) is 1. The number of amides is 1. The van der Waals surface area contributed by atoms with Crippen LogP contribution in [0, 0.1) is 0 Å². The third-order valence-electron chi connectivity index (χ3n) is 6.97. The summed E-state index contributed by atoms with van der Waals surface area (Å²) in [4.78, 5) is 23.4. The molecule has 9 heteroatoms. The lowest BCUT2D eigenvalue weighted by atomic mass is 9.80. The van der Waals surface area contributed by atoms with Crippen LogP contribution in [0.1, 0.15) is 51.6 Å². The first-order chi connectivity index (χ1) is 17.7. The molecule has 1 fully saturated rings. The Bertz CT molecular complexity index is 1300. The summed E-state index contributed by atoms with van der Waals surface area (Å²) in [5.74, 6) is 2.84. The molecule has 1 N–H and O–H groups in total. The van der Waals surface area contributed by atoms with E-state index in [9.17, 15) is 4.79 Å². The van der Waals surface area contributed by atoms with Gasteiger partial charge in [0.05, 0.1) is 25.6 Å². The third-order valence-corrected chi connectivity index (χ3v) is 6.97. The molecule has 0 bridgehead atoms. The lowest BCUT2D eigenvalue weighted by Gasteiger charge is -2.47. The molecule has 1 atom stereocenters. The van der Waals surface area contributed by atoms with Crippen LogP contribution in [-0.2, 0) is 4.74 Å². The van der Waals surface area contributed by atoms with Crippen molar-refractivity contribution in [3.05, 3.63) is 48.3 Å². The molecule has 9 nitrogen and oxygen atoms in total. The van der Waals surface area contributed by atoms with Crippen molar-refractivity contribution in [2.24, 2.45) is 0 Å². The Morgan fingerprint density at radius 2 is 1.86 bits per heavy atom. The number of carbonyl (C=O) groups is 1. The van der Waals surface area contributed by atoms with Gasteiger partial charge in [-0.2, -0.15) is 0 Å². The van der Waals surface area contributed by atoms with Gasteiger partial charge in [0.2, 0.25) is 0 Å². The van der Waals surface area contributed by atoms with Crippen molar-refractivity contribution in [1.29, 1.82) is 0 Å². The van der Waals surface area contributed by atoms with Crippen molar-refractivity contribution < 1.29 is 23.7 Å². The molecule has 3 heterocycles. The van der Waals surface area contributed by atoms with E-state index in [2.05, 4.69) is 21.4 Å². The van der Waals surface area contributed by atoms with Crippen LogP contribution in [0.3, 0.4) is 0 Å². The number of fused-ring (bicyclic) bond motifs is 2. The van der Waals surface area contributed by atoms with Crippen LogP contribution in [0.15, 0.2) is 42.7 Å². The zero-order valence-electron chi connectivity index (χ0n) is 22.0. The SMILES string of the molecule is COc1cc(OC)c2ncnc(NC3CC4(CCN(C(=O)OC(C)(C)C)CC4)Oc4ccccc43)c2c1. The number of rotatable bonds is 4. The summed E-state index contributed by atoms with van der Waals surface area (Å²) in [6.07, 6.45) is 3.43. The van der Waals surface area contributed by atoms with Crippen LogP contribution in [0.5, 0.6) is 17.2 Å². The molecular formula is C28H34N4O5. The van der Waals surface area contributed by atoms with Gasteiger partial charge in [-0.25, -0.2) is 14.8 Å². The molecule has 1 unspecified atom stereocenters. The van der Waals surface area contributed by atoms with Crippen LogP contribution < -0.4 is 19.5 Å². The number of piperidine rings is 1. The maximum atomic E-state index is 12.6. The topological polar surface area (TPSA) is 95.0 Å². The van der Waals surface area contributed by atoms with Gasteiger partial charge in [0.15, 0.2) is 0 Å². The Kier molecular flexibility index (Phi) is 6.47. The molecule has 1 aromatic heterocycles. The van der Waals surface area contributed by atoms with Crippen LogP contribution in [0.25, 0.3) is 10.9 Å². The summed E-state index contributed by atoms with van der Waals surface area (Å²) < 4.78 is 23.3. The smallest absolute Gasteiger partial charge is 0.410 e. The molecule has 2 aliphatic rings. The molecule has 5 rings (SSSR count). The number of carbonyl (C=O) groups excluding carboxylic acids is 1. The fraction of sp³-hybridized carbons (Fsp3) is 0.464. The van der Waals surface area contributed by atoms with Crippen molar-refractivity contribution in [3.63, 3.8) is 0 Å². The van der Waals surface area contributed by atoms with Gasteiger partial charge < -0.3 is 29.2 Å². The van der Waals surface area contributed by atoms with E-state index in [-0.39, 0.29) is 12.1 Å². The fourth-order valence-electron chi connectivity index (χ4n) is 5.14. The molecule has 1 saturated heterocycles. The fourth-order valence-corrected chi connectivity index (χ4v) is 5.14. The largest absolute Gasteiger partial charge is 0.497 e. The molecule has 3 aromatic rings. The van der Waals surface area contributed by atoms with Crippen LogP contribution >= 0.6 is 0 Å². The number of anilines is 1. The van der Waals surface area contributed by atoms with Crippen molar-refractivity contribution in [2.45, 2.75) is 57.3 Å². The third kappa shape index (κ3) is 5.08. The number of likely N-dealkylation sites (tertiary alicyclic amines) is 1. The molecule has 1 amide bonds. The number of aromatic nitrogens is 2. The number of nitrogens with one attached hydrogen (secondary N) is 1. The Morgan fingerprint density at radius 3 is 2.57 bits per heavy atom. The second kappa shape index (κ2) is 9.61. The van der Waals surface area contributed by atoms with Crippen LogP contribution in [0.2, 0.25) is 0 Å². The van der Waals surface area contributed by atoms with Gasteiger partial charge in [-0.3, -0.25) is 0 Å². The molecule has 2 aromatic carbocycles. The summed E-state index contributed by atoms with van der Waals surface area (Å²) in [5.41, 5.74) is 0.862. The Hall–Kier alpha value is -3.75. The van der Waals surface area contributed by atoms with Gasteiger partial charge in [-0.05, 0) is 32.9 Å². The average Bonchev–Trinajstić information content (AvgIpc) is 2.87. The first-order valence-corrected chi connectivity index (χ1v) is 12.6. The molecule has 37 heavy (non-hydrogen) atoms. The van der Waals surface area contributed by atoms with Crippen molar-refractivity contribution in [3.8, 4) is 17.2 Å². The van der Waals surface area contributed by atoms with Crippen molar-refractivity contribution in [2.75, 3.05) is 32.6 Å². The maximum Gasteiger partial charge on any atom is 0.410 e. The number of methoxy groups -OCH3 is 2. The zero-order chi connectivity index (χ0) is 26.2. The highest BCUT2D eigenvalue weighted by molar-refractivity contribution is 5.94. The van der Waals surface area contributed by atoms with Gasteiger partial charge in [-0.1, -0.05) is 18.2 Å². The number of ether oxygens (including phenoxy) is 4. The van der Waals surface area contributed by atoms with E-state index < -0.39 is 11.2 Å². The zero-order valence-corrected chi connectivity index (χ0v) is 22.0. The van der Waals surface area contributed by atoms with E-state index in [4.69, 9.17) is 18.9 Å². The van der Waals surface area contributed by atoms with Crippen LogP contribution in [-0.4, -0.2) is 59.5 Å². The first kappa shape index (κ1) is 24.9. The van der Waals surface area contributed by atoms with Gasteiger partial charge in [0, 0.05) is 44.0 Å². The van der Waals surface area contributed by atoms with Crippen molar-refractivity contribution >= 4 is 22.8 Å². The summed E-state index contributed by atoms with van der Waals surface area (Å²) >= 11 is 0. The Labute approximate surface area is 217 Å². The molecule has 1 spiro atoms. The highest BCUT2D eigenvalue weighted by Crippen LogP contribution is 2.46. The van der Waals surface area contributed by atoms with E-state index in [0.717, 1.165) is 23.1 Å². The van der Waals surface area contributed by atoms with Gasteiger partial charge in [0.25, 0.3) is 0 Å². The molecule has 0 saturated carbocycles. The van der Waals surface area contributed by atoms with Crippen molar-refractivity contribution in [1.82, 2.24) is 14.9 Å². The molecule has 2 aliphatic heterocycles. The standard InChI is InChI=1S/C28H34N4O5/c1-27(2,3)37-26(33)32-12-10-28(11-13-32)16-21(19-8-6-7-9-22(19)36-28)31-25-20-14-18(34-4)15-23(35-5)24(20)29-17-30-25/h6-9,14-15,17,21H,10-13,16H2,1-5H3,(H,29,30,31). The number of benzene rings is 2. The minimum atomic E-state index is -0.521. The van der Waals surface area contributed by atoms with E-state index in [1.165, 1.54) is 0 Å². The quantitative estimate of drug-likeness (QED) is 0.506. The average molecular weight is 507 g/mol. The molecule has 0 aliphatic carbocycles. The normalized spacial score (nSPS) is 18.6. The lowest BCUT2D eigenvalue weighted by Crippen LogP contribution is -2.53. The van der Waals surface area contributed by atoms with Crippen LogP contribution in [0.4, 0.5) is 10.6 Å². The summed E-state index contributed by atoms with van der Waals surface area (Å²) in [5, 5.41) is 4.49.